The largest absolute Gasteiger partial charge is 0.484 e. The van der Waals surface area contributed by atoms with Crippen LogP contribution in [-0.4, -0.2) is 67.6 Å². The fourth-order valence-electron chi connectivity index (χ4n) is 4.32. The van der Waals surface area contributed by atoms with Crippen molar-refractivity contribution in [3.8, 4) is 5.75 Å². The Hall–Kier alpha value is -2.08. The highest BCUT2D eigenvalue weighted by atomic mass is 16.5. The number of nitrogens with zero attached hydrogens (tertiary/aromatic N) is 2. The van der Waals surface area contributed by atoms with Crippen LogP contribution in [-0.2, 0) is 27.2 Å². The second kappa shape index (κ2) is 8.30. The average molecular weight is 372 g/mol. The maximum atomic E-state index is 12.7. The van der Waals surface area contributed by atoms with Gasteiger partial charge >= 0.3 is 0 Å². The summed E-state index contributed by atoms with van der Waals surface area (Å²) in [4.78, 5) is 29.0. The van der Waals surface area contributed by atoms with Gasteiger partial charge in [-0.2, -0.15) is 0 Å². The summed E-state index contributed by atoms with van der Waals surface area (Å²) >= 11 is 0. The summed E-state index contributed by atoms with van der Waals surface area (Å²) in [6, 6.07) is 6.13. The number of carbonyl (C=O) groups is 2. The van der Waals surface area contributed by atoms with Crippen LogP contribution in [0.4, 0.5) is 0 Å². The van der Waals surface area contributed by atoms with Gasteiger partial charge in [-0.15, -0.1) is 0 Å². The van der Waals surface area contributed by atoms with Gasteiger partial charge < -0.3 is 19.3 Å². The number of amides is 2. The van der Waals surface area contributed by atoms with Gasteiger partial charge in [0.25, 0.3) is 5.91 Å². The first-order chi connectivity index (χ1) is 13.2. The minimum atomic E-state index is -0.0965. The van der Waals surface area contributed by atoms with E-state index < -0.39 is 0 Å². The molecule has 2 saturated heterocycles. The fourth-order valence-corrected chi connectivity index (χ4v) is 4.32. The smallest absolute Gasteiger partial charge is 0.260 e. The molecule has 2 heterocycles. The van der Waals surface area contributed by atoms with Crippen molar-refractivity contribution in [3.05, 3.63) is 29.3 Å². The molecule has 4 rings (SSSR count). The van der Waals surface area contributed by atoms with Gasteiger partial charge in [0.2, 0.25) is 5.91 Å². The third-order valence-electron chi connectivity index (χ3n) is 5.88. The van der Waals surface area contributed by atoms with Crippen LogP contribution in [0.5, 0.6) is 5.75 Å². The van der Waals surface area contributed by atoms with E-state index in [1.807, 2.05) is 11.0 Å². The van der Waals surface area contributed by atoms with E-state index in [9.17, 15) is 9.59 Å². The lowest BCUT2D eigenvalue weighted by Gasteiger charge is -2.36. The fraction of sp³-hybridized carbons (Fsp3) is 0.619. The van der Waals surface area contributed by atoms with Gasteiger partial charge in [0.1, 0.15) is 5.75 Å². The Morgan fingerprint density at radius 3 is 2.70 bits per heavy atom. The molecule has 1 aromatic carbocycles. The number of morpholine rings is 1. The highest BCUT2D eigenvalue weighted by Gasteiger charge is 2.32. The predicted molar refractivity (Wildman–Crippen MR) is 101 cm³/mol. The first kappa shape index (κ1) is 18.3. The average Bonchev–Trinajstić information content (AvgIpc) is 3.20. The van der Waals surface area contributed by atoms with Crippen molar-refractivity contribution in [1.82, 2.24) is 9.80 Å². The van der Waals surface area contributed by atoms with Gasteiger partial charge in [0.15, 0.2) is 6.61 Å². The van der Waals surface area contributed by atoms with E-state index in [0.29, 0.717) is 39.4 Å². The molecular formula is C21H28N2O4. The summed E-state index contributed by atoms with van der Waals surface area (Å²) in [5, 5.41) is 0. The van der Waals surface area contributed by atoms with E-state index in [0.717, 1.165) is 31.4 Å². The van der Waals surface area contributed by atoms with Gasteiger partial charge in [0.05, 0.1) is 19.1 Å². The van der Waals surface area contributed by atoms with Gasteiger partial charge in [-0.25, -0.2) is 0 Å². The molecule has 27 heavy (non-hydrogen) atoms. The number of aryl methyl sites for hydroxylation is 2. The minimum Gasteiger partial charge on any atom is -0.484 e. The van der Waals surface area contributed by atoms with Crippen LogP contribution < -0.4 is 4.74 Å². The normalized spacial score (nSPS) is 22.4. The molecule has 2 amide bonds. The first-order valence-corrected chi connectivity index (χ1v) is 10.1. The standard InChI is InChI=1S/C21H28N2O4/c24-20(15-27-19-7-6-16-3-1-4-17(16)13-19)23-8-2-5-18(14-23)21(25)22-9-11-26-12-10-22/h6-7,13,18H,1-5,8-12,14-15H2/t18-/m0/s1. The van der Waals surface area contributed by atoms with Crippen molar-refractivity contribution >= 4 is 11.8 Å². The SMILES string of the molecule is O=C(COc1ccc2c(c1)CCC2)N1CCC[C@H](C(=O)N2CCOCC2)C1. The van der Waals surface area contributed by atoms with Crippen molar-refractivity contribution in [3.63, 3.8) is 0 Å². The molecule has 0 unspecified atom stereocenters. The predicted octanol–water partition coefficient (Wildman–Crippen LogP) is 1.65. The van der Waals surface area contributed by atoms with E-state index in [1.165, 1.54) is 17.5 Å². The molecule has 0 aromatic heterocycles. The van der Waals surface area contributed by atoms with Crippen LogP contribution >= 0.6 is 0 Å². The summed E-state index contributed by atoms with van der Waals surface area (Å²) in [6.45, 7) is 3.78. The van der Waals surface area contributed by atoms with Crippen molar-refractivity contribution in [2.24, 2.45) is 5.92 Å². The third-order valence-corrected chi connectivity index (χ3v) is 5.88. The Bertz CT molecular complexity index is 699. The van der Waals surface area contributed by atoms with Crippen LogP contribution in [0.1, 0.15) is 30.4 Å². The number of benzene rings is 1. The monoisotopic (exact) mass is 372 g/mol. The topological polar surface area (TPSA) is 59.1 Å². The molecule has 2 aliphatic heterocycles. The molecule has 6 heteroatoms. The van der Waals surface area contributed by atoms with Gasteiger partial charge in [-0.05, 0) is 55.4 Å². The first-order valence-electron chi connectivity index (χ1n) is 10.1. The number of ether oxygens (including phenoxy) is 2. The molecule has 146 valence electrons. The third kappa shape index (κ3) is 4.26. The summed E-state index contributed by atoms with van der Waals surface area (Å²) in [5.74, 6) is 0.799. The maximum Gasteiger partial charge on any atom is 0.260 e. The van der Waals surface area contributed by atoms with E-state index in [1.54, 1.807) is 4.90 Å². The Morgan fingerprint density at radius 1 is 1.04 bits per heavy atom. The van der Waals surface area contributed by atoms with Crippen LogP contribution in [0, 0.1) is 5.92 Å². The van der Waals surface area contributed by atoms with Crippen molar-refractivity contribution in [2.75, 3.05) is 46.0 Å². The molecule has 0 bridgehead atoms. The zero-order valence-corrected chi connectivity index (χ0v) is 15.8. The van der Waals surface area contributed by atoms with Crippen LogP contribution in [0.2, 0.25) is 0 Å². The molecule has 2 fully saturated rings. The number of fused-ring (bicyclic) bond motifs is 1. The number of piperidine rings is 1. The second-order valence-electron chi connectivity index (χ2n) is 7.69. The van der Waals surface area contributed by atoms with Crippen molar-refractivity contribution < 1.29 is 19.1 Å². The number of carbonyl (C=O) groups excluding carboxylic acids is 2. The Labute approximate surface area is 160 Å². The highest BCUT2D eigenvalue weighted by molar-refractivity contribution is 5.82. The Morgan fingerprint density at radius 2 is 1.85 bits per heavy atom. The molecular weight excluding hydrogens is 344 g/mol. The molecule has 0 spiro atoms. The lowest BCUT2D eigenvalue weighted by Crippen LogP contribution is -2.50. The van der Waals surface area contributed by atoms with E-state index >= 15 is 0 Å². The van der Waals surface area contributed by atoms with Crippen molar-refractivity contribution in [1.29, 1.82) is 0 Å². The van der Waals surface area contributed by atoms with Crippen LogP contribution in [0.25, 0.3) is 0 Å². The zero-order valence-electron chi connectivity index (χ0n) is 15.8. The molecule has 1 aliphatic carbocycles. The number of rotatable bonds is 4. The number of hydrogen-bond acceptors (Lipinski definition) is 4. The minimum absolute atomic E-state index is 0.0324. The Balaban J connectivity index is 1.30. The maximum absolute atomic E-state index is 12.7. The Kier molecular flexibility index (Phi) is 5.62. The molecule has 3 aliphatic rings. The molecule has 0 radical (unpaired) electrons. The molecule has 1 aromatic rings. The van der Waals surface area contributed by atoms with E-state index in [2.05, 4.69) is 12.1 Å². The molecule has 1 atom stereocenters. The van der Waals surface area contributed by atoms with Crippen LogP contribution in [0.3, 0.4) is 0 Å². The molecule has 6 nitrogen and oxygen atoms in total. The highest BCUT2D eigenvalue weighted by Crippen LogP contribution is 2.26. The number of likely N-dealkylation sites (tertiary alicyclic amines) is 1. The van der Waals surface area contributed by atoms with Gasteiger partial charge in [0, 0.05) is 26.2 Å². The zero-order chi connectivity index (χ0) is 18.6. The summed E-state index contributed by atoms with van der Waals surface area (Å²) < 4.78 is 11.1. The van der Waals surface area contributed by atoms with E-state index in [4.69, 9.17) is 9.47 Å². The van der Waals surface area contributed by atoms with E-state index in [-0.39, 0.29) is 24.3 Å². The van der Waals surface area contributed by atoms with Gasteiger partial charge in [-0.3, -0.25) is 9.59 Å². The lowest BCUT2D eigenvalue weighted by atomic mass is 9.96. The van der Waals surface area contributed by atoms with Gasteiger partial charge in [-0.1, -0.05) is 6.07 Å². The molecule has 0 N–H and O–H groups in total. The molecule has 0 saturated carbocycles. The number of hydrogen-bond donors (Lipinski definition) is 0. The van der Waals surface area contributed by atoms with Crippen LogP contribution in [0.15, 0.2) is 18.2 Å². The summed E-state index contributed by atoms with van der Waals surface area (Å²) in [5.41, 5.74) is 2.74. The lowest BCUT2D eigenvalue weighted by molar-refractivity contribution is -0.144. The second-order valence-corrected chi connectivity index (χ2v) is 7.69. The van der Waals surface area contributed by atoms with Crippen molar-refractivity contribution in [2.45, 2.75) is 32.1 Å². The summed E-state index contributed by atoms with van der Waals surface area (Å²) in [7, 11) is 0. The summed E-state index contributed by atoms with van der Waals surface area (Å²) in [6.07, 6.45) is 5.15. The quantitative estimate of drug-likeness (QED) is 0.806.